The number of hydrogen-bond donors (Lipinski definition) is 1. The maximum absolute atomic E-state index is 5.79. The molecule has 0 unspecified atom stereocenters. The van der Waals surface area contributed by atoms with Gasteiger partial charge in [0.2, 0.25) is 5.95 Å². The van der Waals surface area contributed by atoms with Crippen LogP contribution >= 0.6 is 0 Å². The third-order valence-corrected chi connectivity index (χ3v) is 4.54. The summed E-state index contributed by atoms with van der Waals surface area (Å²) < 4.78 is 0. The van der Waals surface area contributed by atoms with Crippen LogP contribution in [0.5, 0.6) is 0 Å². The Morgan fingerprint density at radius 1 is 1.17 bits per heavy atom. The van der Waals surface area contributed by atoms with Crippen molar-refractivity contribution in [1.29, 1.82) is 0 Å². The van der Waals surface area contributed by atoms with Crippen molar-refractivity contribution >= 4 is 17.5 Å². The fraction of sp³-hybridized carbons (Fsp3) is 0.444. The van der Waals surface area contributed by atoms with E-state index in [4.69, 9.17) is 10.7 Å². The van der Waals surface area contributed by atoms with Crippen molar-refractivity contribution in [2.45, 2.75) is 19.8 Å². The van der Waals surface area contributed by atoms with Crippen molar-refractivity contribution in [3.8, 4) is 0 Å². The van der Waals surface area contributed by atoms with Crippen molar-refractivity contribution in [2.75, 3.05) is 36.5 Å². The smallest absolute Gasteiger partial charge is 0.231 e. The second-order valence-corrected chi connectivity index (χ2v) is 6.23. The second-order valence-electron chi connectivity index (χ2n) is 6.23. The summed E-state index contributed by atoms with van der Waals surface area (Å²) in [4.78, 5) is 13.8. The van der Waals surface area contributed by atoms with Gasteiger partial charge in [0.1, 0.15) is 5.82 Å². The van der Waals surface area contributed by atoms with Gasteiger partial charge in [-0.05, 0) is 44.4 Å². The summed E-state index contributed by atoms with van der Waals surface area (Å²) in [5.74, 6) is 2.42. The van der Waals surface area contributed by atoms with E-state index in [9.17, 15) is 0 Å². The van der Waals surface area contributed by atoms with Gasteiger partial charge in [0.05, 0.1) is 0 Å². The highest BCUT2D eigenvalue weighted by molar-refractivity contribution is 5.58. The zero-order valence-corrected chi connectivity index (χ0v) is 13.9. The van der Waals surface area contributed by atoms with Crippen molar-refractivity contribution in [3.63, 3.8) is 0 Å². The Hall–Kier alpha value is -2.14. The third kappa shape index (κ3) is 3.62. The maximum atomic E-state index is 5.79. The number of nitrogens with zero attached hydrogens (tertiary/aromatic N) is 4. The first-order valence-corrected chi connectivity index (χ1v) is 8.27. The Morgan fingerprint density at radius 3 is 2.52 bits per heavy atom. The lowest BCUT2D eigenvalue weighted by molar-refractivity contribution is 0.413. The molecule has 0 amide bonds. The van der Waals surface area contributed by atoms with Gasteiger partial charge in [-0.2, -0.15) is 4.98 Å². The summed E-state index contributed by atoms with van der Waals surface area (Å²) in [5, 5.41) is 0. The van der Waals surface area contributed by atoms with Crippen LogP contribution in [0.2, 0.25) is 0 Å². The summed E-state index contributed by atoms with van der Waals surface area (Å²) in [6.07, 6.45) is 2.28. The molecule has 1 aromatic carbocycles. The Morgan fingerprint density at radius 2 is 1.87 bits per heavy atom. The molecule has 2 N–H and O–H groups in total. The lowest BCUT2D eigenvalue weighted by Crippen LogP contribution is -2.36. The quantitative estimate of drug-likeness (QED) is 0.941. The number of anilines is 3. The highest BCUT2D eigenvalue weighted by Gasteiger charge is 2.20. The van der Waals surface area contributed by atoms with Crippen LogP contribution in [0.4, 0.5) is 17.5 Å². The highest BCUT2D eigenvalue weighted by Crippen LogP contribution is 2.25. The van der Waals surface area contributed by atoms with Gasteiger partial charge in [0.25, 0.3) is 0 Å². The van der Waals surface area contributed by atoms with E-state index in [1.807, 2.05) is 37.1 Å². The van der Waals surface area contributed by atoms with Crippen molar-refractivity contribution in [1.82, 2.24) is 9.97 Å². The molecule has 1 aliphatic heterocycles. The summed E-state index contributed by atoms with van der Waals surface area (Å²) in [6, 6.07) is 12.3. The van der Waals surface area contributed by atoms with Gasteiger partial charge < -0.3 is 15.5 Å². The third-order valence-electron chi connectivity index (χ3n) is 4.54. The fourth-order valence-corrected chi connectivity index (χ4v) is 3.01. The first-order valence-electron chi connectivity index (χ1n) is 8.27. The predicted molar refractivity (Wildman–Crippen MR) is 95.3 cm³/mol. The lowest BCUT2D eigenvalue weighted by Gasteiger charge is -2.32. The van der Waals surface area contributed by atoms with Gasteiger partial charge in [-0.1, -0.05) is 18.2 Å². The van der Waals surface area contributed by atoms with E-state index in [0.717, 1.165) is 55.6 Å². The largest absolute Gasteiger partial charge is 0.356 e. The number of piperidine rings is 1. The molecule has 2 heterocycles. The van der Waals surface area contributed by atoms with Crippen molar-refractivity contribution < 1.29 is 0 Å². The minimum absolute atomic E-state index is 0.653. The molecule has 2 aromatic rings. The van der Waals surface area contributed by atoms with Gasteiger partial charge >= 0.3 is 0 Å². The SMILES string of the molecule is Cc1cc(N2CCC(CN)CC2)nc(N(C)c2ccccc2)n1. The van der Waals surface area contributed by atoms with E-state index in [1.165, 1.54) is 0 Å². The average molecular weight is 311 g/mol. The standard InChI is InChI=1S/C18H25N5/c1-14-12-17(23-10-8-15(13-19)9-11-23)21-18(20-14)22(2)16-6-4-3-5-7-16/h3-7,12,15H,8-11,13,19H2,1-2H3. The normalized spacial score (nSPS) is 15.7. The van der Waals surface area contributed by atoms with E-state index in [2.05, 4.69) is 28.1 Å². The summed E-state index contributed by atoms with van der Waals surface area (Å²) in [6.45, 7) is 4.86. The number of para-hydroxylation sites is 1. The number of nitrogens with two attached hydrogens (primary N) is 1. The van der Waals surface area contributed by atoms with E-state index < -0.39 is 0 Å². The van der Waals surface area contributed by atoms with Crippen LogP contribution in [0.15, 0.2) is 36.4 Å². The van der Waals surface area contributed by atoms with Gasteiger partial charge in [-0.3, -0.25) is 0 Å². The van der Waals surface area contributed by atoms with Crippen molar-refractivity contribution in [2.24, 2.45) is 11.7 Å². The molecular weight excluding hydrogens is 286 g/mol. The molecule has 1 aromatic heterocycles. The minimum atomic E-state index is 0.653. The molecule has 5 nitrogen and oxygen atoms in total. The topological polar surface area (TPSA) is 58.3 Å². The Kier molecular flexibility index (Phi) is 4.76. The van der Waals surface area contributed by atoms with Crippen LogP contribution in [0.3, 0.4) is 0 Å². The zero-order valence-electron chi connectivity index (χ0n) is 13.9. The molecule has 1 saturated heterocycles. The van der Waals surface area contributed by atoms with Crippen LogP contribution in [0, 0.1) is 12.8 Å². The first kappa shape index (κ1) is 15.7. The number of benzene rings is 1. The van der Waals surface area contributed by atoms with Crippen molar-refractivity contribution in [3.05, 3.63) is 42.1 Å². The first-order chi connectivity index (χ1) is 11.2. The molecule has 23 heavy (non-hydrogen) atoms. The molecule has 0 saturated carbocycles. The van der Waals surface area contributed by atoms with Gasteiger partial charge in [-0.25, -0.2) is 4.98 Å². The number of rotatable bonds is 4. The molecule has 0 spiro atoms. The van der Waals surface area contributed by atoms with Crippen LogP contribution in [-0.4, -0.2) is 36.6 Å². The highest BCUT2D eigenvalue weighted by atomic mass is 15.3. The molecule has 0 radical (unpaired) electrons. The molecule has 0 bridgehead atoms. The summed E-state index contributed by atoms with van der Waals surface area (Å²) in [7, 11) is 2.01. The fourth-order valence-electron chi connectivity index (χ4n) is 3.01. The molecule has 1 aliphatic rings. The van der Waals surface area contributed by atoms with Crippen LogP contribution < -0.4 is 15.5 Å². The van der Waals surface area contributed by atoms with E-state index >= 15 is 0 Å². The molecule has 0 atom stereocenters. The number of aromatic nitrogens is 2. The molecular formula is C18H25N5. The molecule has 122 valence electrons. The van der Waals surface area contributed by atoms with Gasteiger partial charge in [0.15, 0.2) is 0 Å². The summed E-state index contributed by atoms with van der Waals surface area (Å²) >= 11 is 0. The Bertz CT molecular complexity index is 635. The number of hydrogen-bond acceptors (Lipinski definition) is 5. The Labute approximate surface area is 138 Å². The van der Waals surface area contributed by atoms with Crippen LogP contribution in [-0.2, 0) is 0 Å². The van der Waals surface area contributed by atoms with Gasteiger partial charge in [-0.15, -0.1) is 0 Å². The van der Waals surface area contributed by atoms with E-state index in [1.54, 1.807) is 0 Å². The zero-order chi connectivity index (χ0) is 16.2. The molecule has 5 heteroatoms. The van der Waals surface area contributed by atoms with Crippen LogP contribution in [0.1, 0.15) is 18.5 Å². The summed E-state index contributed by atoms with van der Waals surface area (Å²) in [5.41, 5.74) is 7.87. The molecule has 3 rings (SSSR count). The molecule has 0 aliphatic carbocycles. The maximum Gasteiger partial charge on any atom is 0.231 e. The minimum Gasteiger partial charge on any atom is -0.356 e. The monoisotopic (exact) mass is 311 g/mol. The Balaban J connectivity index is 1.82. The second kappa shape index (κ2) is 6.96. The van der Waals surface area contributed by atoms with Crippen LogP contribution in [0.25, 0.3) is 0 Å². The van der Waals surface area contributed by atoms with E-state index in [-0.39, 0.29) is 0 Å². The van der Waals surface area contributed by atoms with Gasteiger partial charge in [0, 0.05) is 37.6 Å². The predicted octanol–water partition coefficient (Wildman–Crippen LogP) is 2.73. The average Bonchev–Trinajstić information content (AvgIpc) is 2.61. The number of aryl methyl sites for hydroxylation is 1. The molecule has 1 fully saturated rings. The lowest BCUT2D eigenvalue weighted by atomic mass is 9.97. The van der Waals surface area contributed by atoms with E-state index in [0.29, 0.717) is 5.92 Å².